The minimum Gasteiger partial charge on any atom is -0.486 e. The van der Waals surface area contributed by atoms with E-state index in [-0.39, 0.29) is 0 Å². The minimum absolute atomic E-state index is 0.332. The Bertz CT molecular complexity index is 1010. The number of hydrogen-bond acceptors (Lipinski definition) is 7. The van der Waals surface area contributed by atoms with Crippen molar-refractivity contribution in [3.63, 3.8) is 0 Å². The standard InChI is InChI=1S/C18H15ClN4O2S2/c1-23-16(10-24-14-6-4-12(19)5-7-14)21-22-18(23)27-11-13-9-25-17(20-13)15-3-2-8-26-15/h2-9H,10-11H2,1H3. The molecule has 0 radical (unpaired) electrons. The molecule has 138 valence electrons. The Kier molecular flexibility index (Phi) is 5.47. The average Bonchev–Trinajstić information content (AvgIpc) is 3.41. The minimum atomic E-state index is 0.332. The summed E-state index contributed by atoms with van der Waals surface area (Å²) >= 11 is 9.03. The molecule has 0 amide bonds. The van der Waals surface area contributed by atoms with Crippen LogP contribution in [0.15, 0.2) is 57.6 Å². The Morgan fingerprint density at radius 2 is 2.07 bits per heavy atom. The summed E-state index contributed by atoms with van der Waals surface area (Å²) in [6, 6.07) is 11.2. The van der Waals surface area contributed by atoms with E-state index < -0.39 is 0 Å². The van der Waals surface area contributed by atoms with Crippen molar-refractivity contribution in [2.75, 3.05) is 0 Å². The molecule has 0 saturated heterocycles. The topological polar surface area (TPSA) is 66.0 Å². The van der Waals surface area contributed by atoms with E-state index >= 15 is 0 Å². The first-order valence-electron chi connectivity index (χ1n) is 8.07. The van der Waals surface area contributed by atoms with Gasteiger partial charge in [-0.2, -0.15) is 0 Å². The lowest BCUT2D eigenvalue weighted by Gasteiger charge is -2.06. The van der Waals surface area contributed by atoms with Gasteiger partial charge in [-0.3, -0.25) is 0 Å². The molecule has 0 saturated carbocycles. The quantitative estimate of drug-likeness (QED) is 0.391. The summed E-state index contributed by atoms with van der Waals surface area (Å²) in [5, 5.41) is 11.9. The van der Waals surface area contributed by atoms with Crippen LogP contribution in [0.3, 0.4) is 0 Å². The van der Waals surface area contributed by atoms with Crippen LogP contribution < -0.4 is 4.74 Å². The van der Waals surface area contributed by atoms with Crippen LogP contribution in [0.2, 0.25) is 5.02 Å². The van der Waals surface area contributed by atoms with E-state index in [0.717, 1.165) is 27.3 Å². The number of halogens is 1. The molecule has 0 spiro atoms. The van der Waals surface area contributed by atoms with Gasteiger partial charge in [0.15, 0.2) is 11.0 Å². The number of thioether (sulfide) groups is 1. The molecular formula is C18H15ClN4O2S2. The molecule has 0 aliphatic heterocycles. The number of aromatic nitrogens is 4. The summed E-state index contributed by atoms with van der Waals surface area (Å²) in [6.45, 7) is 0.332. The van der Waals surface area contributed by atoms with Crippen molar-refractivity contribution in [2.45, 2.75) is 17.5 Å². The maximum absolute atomic E-state index is 5.88. The van der Waals surface area contributed by atoms with Crippen molar-refractivity contribution >= 4 is 34.7 Å². The lowest BCUT2D eigenvalue weighted by molar-refractivity contribution is 0.290. The van der Waals surface area contributed by atoms with Crippen LogP contribution in [0.25, 0.3) is 10.8 Å². The zero-order chi connectivity index (χ0) is 18.6. The fourth-order valence-corrected chi connectivity index (χ4v) is 3.89. The first-order chi connectivity index (χ1) is 13.2. The molecule has 0 fully saturated rings. The fourth-order valence-electron chi connectivity index (χ4n) is 2.30. The average molecular weight is 419 g/mol. The summed E-state index contributed by atoms with van der Waals surface area (Å²) in [7, 11) is 1.92. The number of thiophene rings is 1. The van der Waals surface area contributed by atoms with Crippen LogP contribution in [0.1, 0.15) is 11.5 Å². The van der Waals surface area contributed by atoms with Crippen LogP contribution in [0, 0.1) is 0 Å². The predicted molar refractivity (Wildman–Crippen MR) is 106 cm³/mol. The zero-order valence-corrected chi connectivity index (χ0v) is 16.7. The monoisotopic (exact) mass is 418 g/mol. The van der Waals surface area contributed by atoms with E-state index in [1.807, 2.05) is 41.3 Å². The van der Waals surface area contributed by atoms with Crippen molar-refractivity contribution in [2.24, 2.45) is 7.05 Å². The maximum Gasteiger partial charge on any atom is 0.236 e. The van der Waals surface area contributed by atoms with E-state index in [0.29, 0.717) is 23.3 Å². The van der Waals surface area contributed by atoms with Gasteiger partial charge in [0.2, 0.25) is 5.89 Å². The normalized spacial score (nSPS) is 11.0. The SMILES string of the molecule is Cn1c(COc2ccc(Cl)cc2)nnc1SCc1coc(-c2cccs2)n1. The van der Waals surface area contributed by atoms with Gasteiger partial charge in [-0.05, 0) is 35.7 Å². The zero-order valence-electron chi connectivity index (χ0n) is 14.3. The molecule has 0 aliphatic rings. The van der Waals surface area contributed by atoms with Gasteiger partial charge >= 0.3 is 0 Å². The first-order valence-corrected chi connectivity index (χ1v) is 10.3. The van der Waals surface area contributed by atoms with Crippen molar-refractivity contribution in [3.8, 4) is 16.5 Å². The third-order valence-corrected chi connectivity index (χ3v) is 5.90. The van der Waals surface area contributed by atoms with E-state index in [9.17, 15) is 0 Å². The first kappa shape index (κ1) is 18.1. The van der Waals surface area contributed by atoms with Gasteiger partial charge in [-0.25, -0.2) is 4.98 Å². The van der Waals surface area contributed by atoms with Gasteiger partial charge in [-0.15, -0.1) is 21.5 Å². The van der Waals surface area contributed by atoms with Gasteiger partial charge in [0.25, 0.3) is 0 Å². The van der Waals surface area contributed by atoms with Crippen molar-refractivity contribution in [1.29, 1.82) is 0 Å². The molecule has 0 bridgehead atoms. The van der Waals surface area contributed by atoms with E-state index in [4.69, 9.17) is 20.8 Å². The lowest BCUT2D eigenvalue weighted by atomic mass is 10.3. The van der Waals surface area contributed by atoms with Crippen LogP contribution in [0.4, 0.5) is 0 Å². The fraction of sp³-hybridized carbons (Fsp3) is 0.167. The molecule has 0 unspecified atom stereocenters. The number of ether oxygens (including phenoxy) is 1. The molecule has 3 heterocycles. The molecule has 0 N–H and O–H groups in total. The van der Waals surface area contributed by atoms with Gasteiger partial charge in [0.05, 0.1) is 10.6 Å². The second-order valence-electron chi connectivity index (χ2n) is 5.61. The Morgan fingerprint density at radius 3 is 2.85 bits per heavy atom. The maximum atomic E-state index is 5.88. The summed E-state index contributed by atoms with van der Waals surface area (Å²) in [5.74, 6) is 2.78. The highest BCUT2D eigenvalue weighted by molar-refractivity contribution is 7.98. The smallest absolute Gasteiger partial charge is 0.236 e. The molecule has 0 aliphatic carbocycles. The summed E-state index contributed by atoms with van der Waals surface area (Å²) in [4.78, 5) is 5.54. The third kappa shape index (κ3) is 4.35. The number of benzene rings is 1. The van der Waals surface area contributed by atoms with Gasteiger partial charge in [0, 0.05) is 17.8 Å². The number of rotatable bonds is 7. The van der Waals surface area contributed by atoms with Gasteiger partial charge < -0.3 is 13.7 Å². The summed E-state index contributed by atoms with van der Waals surface area (Å²) in [6.07, 6.45) is 1.68. The molecule has 0 atom stereocenters. The van der Waals surface area contributed by atoms with Crippen LogP contribution in [0.5, 0.6) is 5.75 Å². The Labute approximate surface area is 169 Å². The van der Waals surface area contributed by atoms with E-state index in [1.54, 1.807) is 41.5 Å². The van der Waals surface area contributed by atoms with Crippen molar-refractivity contribution < 1.29 is 9.15 Å². The summed E-state index contributed by atoms with van der Waals surface area (Å²) < 4.78 is 13.2. The third-order valence-electron chi connectivity index (χ3n) is 3.74. The second kappa shape index (κ2) is 8.16. The molecular weight excluding hydrogens is 404 g/mol. The molecule has 1 aromatic carbocycles. The molecule has 6 nitrogen and oxygen atoms in total. The Hall–Kier alpha value is -2.29. The van der Waals surface area contributed by atoms with Crippen molar-refractivity contribution in [3.05, 3.63) is 64.6 Å². The van der Waals surface area contributed by atoms with Gasteiger partial charge in [0.1, 0.15) is 18.6 Å². The second-order valence-corrected chi connectivity index (χ2v) is 7.94. The highest BCUT2D eigenvalue weighted by Gasteiger charge is 2.12. The number of oxazole rings is 1. The Morgan fingerprint density at radius 1 is 1.22 bits per heavy atom. The molecule has 27 heavy (non-hydrogen) atoms. The highest BCUT2D eigenvalue weighted by Crippen LogP contribution is 2.26. The Balaban J connectivity index is 1.35. The predicted octanol–water partition coefficient (Wildman–Crippen LogP) is 5.06. The van der Waals surface area contributed by atoms with Crippen LogP contribution >= 0.6 is 34.7 Å². The molecule has 4 aromatic rings. The van der Waals surface area contributed by atoms with E-state index in [1.165, 1.54) is 0 Å². The van der Waals surface area contributed by atoms with Crippen LogP contribution in [-0.4, -0.2) is 19.7 Å². The van der Waals surface area contributed by atoms with Gasteiger partial charge in [-0.1, -0.05) is 29.4 Å². The molecule has 9 heteroatoms. The number of hydrogen-bond donors (Lipinski definition) is 0. The van der Waals surface area contributed by atoms with E-state index in [2.05, 4.69) is 15.2 Å². The number of nitrogens with zero attached hydrogens (tertiary/aromatic N) is 4. The summed E-state index contributed by atoms with van der Waals surface area (Å²) in [5.41, 5.74) is 0.866. The molecule has 3 aromatic heterocycles. The van der Waals surface area contributed by atoms with Crippen molar-refractivity contribution in [1.82, 2.24) is 19.7 Å². The van der Waals surface area contributed by atoms with Crippen LogP contribution in [-0.2, 0) is 19.4 Å². The largest absolute Gasteiger partial charge is 0.486 e. The molecule has 4 rings (SSSR count). The lowest BCUT2D eigenvalue weighted by Crippen LogP contribution is -2.04. The highest BCUT2D eigenvalue weighted by atomic mass is 35.5.